The molecule has 2 N–H and O–H groups in total. The number of hydrogen-bond acceptors (Lipinski definition) is 3. The maximum Gasteiger partial charge on any atom is 0.309 e. The molecule has 5 heteroatoms. The molecular weight excluding hydrogens is 270 g/mol. The van der Waals surface area contributed by atoms with E-state index in [1.54, 1.807) is 18.2 Å². The summed E-state index contributed by atoms with van der Waals surface area (Å²) >= 11 is 0. The van der Waals surface area contributed by atoms with Gasteiger partial charge in [0.15, 0.2) is 5.78 Å². The van der Waals surface area contributed by atoms with Crippen molar-refractivity contribution in [2.45, 2.75) is 33.1 Å². The van der Waals surface area contributed by atoms with E-state index < -0.39 is 11.4 Å². The number of rotatable bonds is 4. The molecule has 5 nitrogen and oxygen atoms in total. The number of carboxylic acids is 1. The molecular formula is C16H19NO4. The number of carbonyl (C=O) groups is 3. The van der Waals surface area contributed by atoms with Crippen molar-refractivity contribution in [1.82, 2.24) is 5.32 Å². The van der Waals surface area contributed by atoms with Crippen LogP contribution in [0, 0.1) is 5.41 Å². The van der Waals surface area contributed by atoms with Gasteiger partial charge in [0.25, 0.3) is 5.91 Å². The molecule has 1 aromatic carbocycles. The molecule has 0 fully saturated rings. The number of Topliss-reactive ketones (excluding diaryl/α,β-unsaturated/α-hetero) is 1. The predicted molar refractivity (Wildman–Crippen MR) is 77.5 cm³/mol. The van der Waals surface area contributed by atoms with Gasteiger partial charge in [-0.25, -0.2) is 0 Å². The summed E-state index contributed by atoms with van der Waals surface area (Å²) in [5, 5.41) is 11.9. The Balaban J connectivity index is 2.27. The molecule has 1 aliphatic rings. The van der Waals surface area contributed by atoms with Gasteiger partial charge >= 0.3 is 5.97 Å². The molecule has 0 bridgehead atoms. The lowest BCUT2D eigenvalue weighted by Crippen LogP contribution is -2.27. The molecule has 0 atom stereocenters. The van der Waals surface area contributed by atoms with Gasteiger partial charge in [0, 0.05) is 24.1 Å². The highest BCUT2D eigenvalue weighted by Gasteiger charge is 2.31. The molecule has 112 valence electrons. The van der Waals surface area contributed by atoms with Gasteiger partial charge in [-0.05, 0) is 38.3 Å². The molecule has 0 radical (unpaired) electrons. The SMILES string of the molecule is CC(C)(CC(=O)c1ccc2c(c1)C(=O)NCCC2)C(=O)O. The van der Waals surface area contributed by atoms with E-state index in [1.165, 1.54) is 13.8 Å². The number of hydrogen-bond donors (Lipinski definition) is 2. The Bertz CT molecular complexity index is 604. The third kappa shape index (κ3) is 3.29. The molecule has 21 heavy (non-hydrogen) atoms. The first-order valence-corrected chi connectivity index (χ1v) is 6.99. The monoisotopic (exact) mass is 289 g/mol. The van der Waals surface area contributed by atoms with Crippen LogP contribution < -0.4 is 5.32 Å². The molecule has 0 saturated heterocycles. The molecule has 1 aromatic rings. The Labute approximate surface area is 123 Å². The Morgan fingerprint density at radius 1 is 1.33 bits per heavy atom. The van der Waals surface area contributed by atoms with Gasteiger partial charge < -0.3 is 10.4 Å². The maximum atomic E-state index is 12.2. The lowest BCUT2D eigenvalue weighted by atomic mass is 9.85. The molecule has 0 aromatic heterocycles. The standard InChI is InChI=1S/C16H19NO4/c1-16(2,15(20)21)9-13(18)11-6-5-10-4-3-7-17-14(19)12(10)8-11/h5-6,8H,3-4,7,9H2,1-2H3,(H,17,19)(H,20,21). The summed E-state index contributed by atoms with van der Waals surface area (Å²) in [5.41, 5.74) is 0.720. The second kappa shape index (κ2) is 5.68. The highest BCUT2D eigenvalue weighted by atomic mass is 16.4. The zero-order chi connectivity index (χ0) is 15.6. The average molecular weight is 289 g/mol. The Morgan fingerprint density at radius 2 is 2.05 bits per heavy atom. The Hall–Kier alpha value is -2.17. The minimum atomic E-state index is -1.12. The largest absolute Gasteiger partial charge is 0.481 e. The number of benzene rings is 1. The van der Waals surface area contributed by atoms with Crippen LogP contribution in [0.3, 0.4) is 0 Å². The summed E-state index contributed by atoms with van der Waals surface area (Å²) in [4.78, 5) is 35.3. The van der Waals surface area contributed by atoms with E-state index in [0.717, 1.165) is 18.4 Å². The van der Waals surface area contributed by atoms with E-state index in [0.29, 0.717) is 17.7 Å². The van der Waals surface area contributed by atoms with Crippen LogP contribution >= 0.6 is 0 Å². The fourth-order valence-corrected chi connectivity index (χ4v) is 2.33. The first-order valence-electron chi connectivity index (χ1n) is 6.99. The fourth-order valence-electron chi connectivity index (χ4n) is 2.33. The molecule has 0 saturated carbocycles. The first kappa shape index (κ1) is 15.2. The number of carbonyl (C=O) groups excluding carboxylic acids is 2. The summed E-state index contributed by atoms with van der Waals surface area (Å²) in [6.07, 6.45) is 1.57. The molecule has 1 heterocycles. The number of ketones is 1. The van der Waals surface area contributed by atoms with Crippen molar-refractivity contribution in [2.75, 3.05) is 6.54 Å². The van der Waals surface area contributed by atoms with E-state index >= 15 is 0 Å². The van der Waals surface area contributed by atoms with Crippen molar-refractivity contribution in [3.05, 3.63) is 34.9 Å². The highest BCUT2D eigenvalue weighted by molar-refractivity contribution is 6.02. The van der Waals surface area contributed by atoms with Gasteiger partial charge in [-0.1, -0.05) is 12.1 Å². The predicted octanol–water partition coefficient (Wildman–Crippen LogP) is 2.05. The minimum Gasteiger partial charge on any atom is -0.481 e. The summed E-state index contributed by atoms with van der Waals surface area (Å²) in [7, 11) is 0. The van der Waals surface area contributed by atoms with Crippen LogP contribution in [0.4, 0.5) is 0 Å². The lowest BCUT2D eigenvalue weighted by Gasteiger charge is -2.18. The van der Waals surface area contributed by atoms with Gasteiger partial charge in [0.2, 0.25) is 0 Å². The van der Waals surface area contributed by atoms with Crippen LogP contribution in [-0.2, 0) is 11.2 Å². The van der Waals surface area contributed by atoms with E-state index in [1.807, 2.05) is 0 Å². The summed E-state index contributed by atoms with van der Waals surface area (Å²) in [6.45, 7) is 3.66. The number of amides is 1. The van der Waals surface area contributed by atoms with E-state index in [-0.39, 0.29) is 18.1 Å². The second-order valence-electron chi connectivity index (χ2n) is 6.02. The summed E-state index contributed by atoms with van der Waals surface area (Å²) < 4.78 is 0. The van der Waals surface area contributed by atoms with Crippen molar-refractivity contribution < 1.29 is 19.5 Å². The molecule has 1 amide bonds. The molecule has 0 spiro atoms. The minimum absolute atomic E-state index is 0.0945. The molecule has 0 unspecified atom stereocenters. The number of nitrogens with one attached hydrogen (secondary N) is 1. The zero-order valence-electron chi connectivity index (χ0n) is 12.2. The van der Waals surface area contributed by atoms with Crippen molar-refractivity contribution in [2.24, 2.45) is 5.41 Å². The topological polar surface area (TPSA) is 83.5 Å². The first-order chi connectivity index (χ1) is 9.81. The molecule has 0 aliphatic carbocycles. The zero-order valence-corrected chi connectivity index (χ0v) is 12.2. The van der Waals surface area contributed by atoms with Crippen LogP contribution in [-0.4, -0.2) is 29.3 Å². The number of aliphatic carboxylic acids is 1. The number of carboxylic acid groups (broad SMARTS) is 1. The van der Waals surface area contributed by atoms with Crippen molar-refractivity contribution in [1.29, 1.82) is 0 Å². The fraction of sp³-hybridized carbons (Fsp3) is 0.438. The summed E-state index contributed by atoms with van der Waals surface area (Å²) in [6, 6.07) is 5.05. The summed E-state index contributed by atoms with van der Waals surface area (Å²) in [5.74, 6) is -1.44. The quantitative estimate of drug-likeness (QED) is 0.831. The van der Waals surface area contributed by atoms with Crippen LogP contribution in [0.25, 0.3) is 0 Å². The normalized spacial score (nSPS) is 14.9. The van der Waals surface area contributed by atoms with E-state index in [4.69, 9.17) is 5.11 Å². The van der Waals surface area contributed by atoms with Gasteiger partial charge in [-0.3, -0.25) is 14.4 Å². The number of aryl methyl sites for hydroxylation is 1. The Kier molecular flexibility index (Phi) is 4.11. The average Bonchev–Trinajstić information content (AvgIpc) is 2.60. The second-order valence-corrected chi connectivity index (χ2v) is 6.02. The van der Waals surface area contributed by atoms with E-state index in [2.05, 4.69) is 5.32 Å². The van der Waals surface area contributed by atoms with Crippen LogP contribution in [0.1, 0.15) is 53.0 Å². The lowest BCUT2D eigenvalue weighted by molar-refractivity contribution is -0.146. The third-order valence-electron chi connectivity index (χ3n) is 3.77. The van der Waals surface area contributed by atoms with Gasteiger partial charge in [0.1, 0.15) is 0 Å². The van der Waals surface area contributed by atoms with Crippen LogP contribution in [0.5, 0.6) is 0 Å². The van der Waals surface area contributed by atoms with Crippen molar-refractivity contribution in [3.63, 3.8) is 0 Å². The Morgan fingerprint density at radius 3 is 2.71 bits per heavy atom. The highest BCUT2D eigenvalue weighted by Crippen LogP contribution is 2.24. The van der Waals surface area contributed by atoms with Crippen molar-refractivity contribution >= 4 is 17.7 Å². The molecule has 1 aliphatic heterocycles. The maximum absolute atomic E-state index is 12.2. The van der Waals surface area contributed by atoms with Gasteiger partial charge in [-0.15, -0.1) is 0 Å². The molecule has 2 rings (SSSR count). The smallest absolute Gasteiger partial charge is 0.309 e. The third-order valence-corrected chi connectivity index (χ3v) is 3.77. The van der Waals surface area contributed by atoms with Gasteiger partial charge in [0.05, 0.1) is 5.41 Å². The van der Waals surface area contributed by atoms with Crippen LogP contribution in [0.2, 0.25) is 0 Å². The number of fused-ring (bicyclic) bond motifs is 1. The van der Waals surface area contributed by atoms with Crippen molar-refractivity contribution in [3.8, 4) is 0 Å². The van der Waals surface area contributed by atoms with Gasteiger partial charge in [-0.2, -0.15) is 0 Å². The van der Waals surface area contributed by atoms with Crippen LogP contribution in [0.15, 0.2) is 18.2 Å². The van der Waals surface area contributed by atoms with E-state index in [9.17, 15) is 14.4 Å².